The molecule has 2 aromatic rings. The molecule has 6 nitrogen and oxygen atoms in total. The molecular weight excluding hydrogens is 461 g/mol. The van der Waals surface area contributed by atoms with Crippen LogP contribution >= 0.6 is 23.2 Å². The third kappa shape index (κ3) is 5.28. The number of carbonyl (C=O) groups is 1. The minimum Gasteiger partial charge on any atom is -0.393 e. The molecule has 11 heteroatoms. The second-order valence-corrected chi connectivity index (χ2v) is 9.48. The van der Waals surface area contributed by atoms with E-state index >= 15 is 0 Å². The van der Waals surface area contributed by atoms with E-state index in [9.17, 15) is 27.1 Å². The molecular formula is C19H18Cl2F2N2O4S. The molecule has 30 heavy (non-hydrogen) atoms. The zero-order chi connectivity index (χ0) is 22.1. The van der Waals surface area contributed by atoms with Crippen LogP contribution in [0.2, 0.25) is 10.0 Å². The van der Waals surface area contributed by atoms with Crippen LogP contribution in [-0.2, 0) is 10.0 Å². The van der Waals surface area contributed by atoms with Crippen LogP contribution in [0.3, 0.4) is 0 Å². The number of nitrogens with one attached hydrogen (secondary N) is 2. The number of halogens is 4. The summed E-state index contributed by atoms with van der Waals surface area (Å²) >= 11 is 11.6. The van der Waals surface area contributed by atoms with Gasteiger partial charge in [0.15, 0.2) is 11.6 Å². The molecule has 0 aliphatic heterocycles. The number of aliphatic hydroxyl groups excluding tert-OH is 1. The summed E-state index contributed by atoms with van der Waals surface area (Å²) in [6.07, 6.45) is 1.50. The minimum absolute atomic E-state index is 0.0558. The second-order valence-electron chi connectivity index (χ2n) is 6.98. The third-order valence-electron chi connectivity index (χ3n) is 4.74. The molecule has 3 rings (SSSR count). The predicted molar refractivity (Wildman–Crippen MR) is 109 cm³/mol. The summed E-state index contributed by atoms with van der Waals surface area (Å²) in [4.78, 5) is 12.2. The third-order valence-corrected chi connectivity index (χ3v) is 7.02. The summed E-state index contributed by atoms with van der Waals surface area (Å²) in [5.74, 6) is -3.24. The van der Waals surface area contributed by atoms with Crippen LogP contribution in [0, 0.1) is 11.6 Å². The first-order valence-electron chi connectivity index (χ1n) is 9.02. The number of anilines is 1. The van der Waals surface area contributed by atoms with Crippen molar-refractivity contribution in [2.24, 2.45) is 0 Å². The van der Waals surface area contributed by atoms with Gasteiger partial charge in [0.25, 0.3) is 5.91 Å². The van der Waals surface area contributed by atoms with E-state index < -0.39 is 38.7 Å². The van der Waals surface area contributed by atoms with Gasteiger partial charge >= 0.3 is 0 Å². The van der Waals surface area contributed by atoms with Crippen molar-refractivity contribution in [1.29, 1.82) is 0 Å². The normalized spacial score (nSPS) is 19.5. The smallest absolute Gasteiger partial charge is 0.255 e. The monoisotopic (exact) mass is 478 g/mol. The first kappa shape index (κ1) is 22.9. The van der Waals surface area contributed by atoms with Crippen molar-refractivity contribution in [3.8, 4) is 0 Å². The lowest BCUT2D eigenvalue weighted by Crippen LogP contribution is -2.38. The zero-order valence-electron chi connectivity index (χ0n) is 15.5. The number of hydrogen-bond donors (Lipinski definition) is 3. The van der Waals surface area contributed by atoms with Crippen molar-refractivity contribution in [3.05, 3.63) is 57.6 Å². The number of amides is 1. The molecule has 1 amide bonds. The Bertz CT molecular complexity index is 1050. The van der Waals surface area contributed by atoms with Gasteiger partial charge in [-0.1, -0.05) is 23.2 Å². The van der Waals surface area contributed by atoms with Gasteiger partial charge in [-0.25, -0.2) is 21.9 Å². The highest BCUT2D eigenvalue weighted by Gasteiger charge is 2.27. The maximum absolute atomic E-state index is 13.5. The van der Waals surface area contributed by atoms with Crippen LogP contribution in [-0.4, -0.2) is 31.6 Å². The summed E-state index contributed by atoms with van der Waals surface area (Å²) in [5, 5.41) is 11.3. The summed E-state index contributed by atoms with van der Waals surface area (Å²) in [7, 11) is -4.03. The van der Waals surface area contributed by atoms with Gasteiger partial charge in [-0.3, -0.25) is 4.79 Å². The van der Waals surface area contributed by atoms with Gasteiger partial charge in [-0.05, 0) is 49.9 Å². The number of hydrogen-bond acceptors (Lipinski definition) is 4. The van der Waals surface area contributed by atoms with E-state index in [1.165, 1.54) is 12.1 Å². The lowest BCUT2D eigenvalue weighted by molar-refractivity contribution is 0.102. The molecule has 0 aromatic heterocycles. The molecule has 0 unspecified atom stereocenters. The standard InChI is InChI=1S/C19H18Cl2F2N2O4S/c20-14-6-1-10(19(27)24-12-8-15(21)18(23)16(22)9-12)7-17(14)30(28,29)25-11-2-4-13(26)5-3-11/h1,6-9,11,13,25-26H,2-5H2,(H,24,27). The van der Waals surface area contributed by atoms with E-state index in [1.807, 2.05) is 0 Å². The van der Waals surface area contributed by atoms with Gasteiger partial charge in [-0.2, -0.15) is 0 Å². The Labute approximate surface area is 182 Å². The molecule has 162 valence electrons. The Kier molecular flexibility index (Phi) is 6.98. The molecule has 0 atom stereocenters. The van der Waals surface area contributed by atoms with Crippen LogP contribution in [0.4, 0.5) is 14.5 Å². The van der Waals surface area contributed by atoms with Gasteiger partial charge in [0.1, 0.15) is 4.90 Å². The van der Waals surface area contributed by atoms with Crippen LogP contribution in [0.1, 0.15) is 36.0 Å². The molecule has 1 aliphatic carbocycles. The van der Waals surface area contributed by atoms with Crippen molar-refractivity contribution in [2.75, 3.05) is 5.32 Å². The molecule has 0 heterocycles. The first-order chi connectivity index (χ1) is 14.1. The average molecular weight is 479 g/mol. The number of rotatable bonds is 5. The highest BCUT2D eigenvalue weighted by atomic mass is 35.5. The van der Waals surface area contributed by atoms with E-state index in [0.29, 0.717) is 25.7 Å². The Morgan fingerprint density at radius 2 is 1.70 bits per heavy atom. The molecule has 0 spiro atoms. The van der Waals surface area contributed by atoms with Crippen molar-refractivity contribution >= 4 is 44.8 Å². The maximum Gasteiger partial charge on any atom is 0.255 e. The molecule has 1 saturated carbocycles. The minimum atomic E-state index is -4.03. The quantitative estimate of drug-likeness (QED) is 0.563. The molecule has 3 N–H and O–H groups in total. The fraction of sp³-hybridized carbons (Fsp3) is 0.316. The fourth-order valence-electron chi connectivity index (χ4n) is 3.16. The molecule has 2 aromatic carbocycles. The first-order valence-corrected chi connectivity index (χ1v) is 11.3. The van der Waals surface area contributed by atoms with Crippen LogP contribution in [0.15, 0.2) is 35.2 Å². The number of aliphatic hydroxyl groups is 1. The van der Waals surface area contributed by atoms with E-state index in [-0.39, 0.29) is 27.2 Å². The number of sulfonamides is 1. The lowest BCUT2D eigenvalue weighted by Gasteiger charge is -2.26. The van der Waals surface area contributed by atoms with E-state index in [2.05, 4.69) is 10.0 Å². The zero-order valence-corrected chi connectivity index (χ0v) is 17.8. The van der Waals surface area contributed by atoms with Gasteiger partial charge in [0.2, 0.25) is 10.0 Å². The van der Waals surface area contributed by atoms with Crippen molar-refractivity contribution in [3.63, 3.8) is 0 Å². The molecule has 0 bridgehead atoms. The van der Waals surface area contributed by atoms with E-state index in [4.69, 9.17) is 23.2 Å². The molecule has 1 aliphatic rings. The Hall–Kier alpha value is -1.78. The average Bonchev–Trinajstić information content (AvgIpc) is 2.67. The lowest BCUT2D eigenvalue weighted by atomic mass is 9.94. The SMILES string of the molecule is O=C(Nc1cc(F)c(F)c(Cl)c1)c1ccc(Cl)c(S(=O)(=O)NC2CCC(O)CC2)c1. The summed E-state index contributed by atoms with van der Waals surface area (Å²) in [5.41, 5.74) is -0.151. The Morgan fingerprint density at radius 3 is 2.33 bits per heavy atom. The van der Waals surface area contributed by atoms with Crippen LogP contribution in [0.25, 0.3) is 0 Å². The molecule has 0 saturated heterocycles. The Balaban J connectivity index is 1.81. The van der Waals surface area contributed by atoms with Crippen molar-refractivity contribution in [1.82, 2.24) is 4.72 Å². The predicted octanol–water partition coefficient (Wildman–Crippen LogP) is 4.11. The van der Waals surface area contributed by atoms with Crippen molar-refractivity contribution < 1.29 is 27.1 Å². The van der Waals surface area contributed by atoms with Gasteiger partial charge in [0, 0.05) is 23.4 Å². The number of carbonyl (C=O) groups excluding carboxylic acids is 1. The molecule has 0 radical (unpaired) electrons. The van der Waals surface area contributed by atoms with Crippen molar-refractivity contribution in [2.45, 2.75) is 42.7 Å². The molecule has 1 fully saturated rings. The number of benzene rings is 2. The highest BCUT2D eigenvalue weighted by molar-refractivity contribution is 7.89. The second kappa shape index (κ2) is 9.15. The topological polar surface area (TPSA) is 95.5 Å². The van der Waals surface area contributed by atoms with E-state index in [1.54, 1.807) is 0 Å². The largest absolute Gasteiger partial charge is 0.393 e. The van der Waals surface area contributed by atoms with Gasteiger partial charge in [-0.15, -0.1) is 0 Å². The van der Waals surface area contributed by atoms with Crippen LogP contribution < -0.4 is 10.0 Å². The summed E-state index contributed by atoms with van der Waals surface area (Å²) in [6.45, 7) is 0. The fourth-order valence-corrected chi connectivity index (χ4v) is 5.20. The Morgan fingerprint density at radius 1 is 1.03 bits per heavy atom. The maximum atomic E-state index is 13.5. The van der Waals surface area contributed by atoms with Gasteiger partial charge < -0.3 is 10.4 Å². The van der Waals surface area contributed by atoms with Gasteiger partial charge in [0.05, 0.1) is 16.1 Å². The highest BCUT2D eigenvalue weighted by Crippen LogP contribution is 2.27. The summed E-state index contributed by atoms with van der Waals surface area (Å²) in [6, 6.07) is 5.09. The van der Waals surface area contributed by atoms with E-state index in [0.717, 1.165) is 18.2 Å². The summed E-state index contributed by atoms with van der Waals surface area (Å²) < 4.78 is 54.8. The van der Waals surface area contributed by atoms with Crippen LogP contribution in [0.5, 0.6) is 0 Å².